The Morgan fingerprint density at radius 3 is 1.51 bits per heavy atom. The molecule has 0 fully saturated rings. The van der Waals surface area contributed by atoms with Crippen molar-refractivity contribution < 1.29 is 0 Å². The highest BCUT2D eigenvalue weighted by atomic mass is 15.2. The van der Waals surface area contributed by atoms with Crippen molar-refractivity contribution in [2.75, 3.05) is 4.90 Å². The molecule has 2 aliphatic heterocycles. The second-order valence-electron chi connectivity index (χ2n) is 13.3. The topological polar surface area (TPSA) is 3.24 Å². The number of nitrogens with zero attached hydrogens (tertiary/aromatic N) is 1. The zero-order chi connectivity index (χ0) is 32.3. The van der Waals surface area contributed by atoms with Crippen LogP contribution in [0.5, 0.6) is 0 Å². The molecule has 0 saturated heterocycles. The molecule has 0 saturated carbocycles. The molecule has 0 aromatic heterocycles. The van der Waals surface area contributed by atoms with Gasteiger partial charge in [0.05, 0.1) is 6.04 Å². The minimum Gasteiger partial charge on any atom is -0.332 e. The van der Waals surface area contributed by atoms with Crippen LogP contribution in [0.15, 0.2) is 188 Å². The van der Waals surface area contributed by atoms with Gasteiger partial charge in [-0.2, -0.15) is 0 Å². The highest BCUT2D eigenvalue weighted by Crippen LogP contribution is 2.59. The normalized spacial score (nSPS) is 16.8. The van der Waals surface area contributed by atoms with E-state index < -0.39 is 0 Å². The van der Waals surface area contributed by atoms with E-state index in [-0.39, 0.29) is 0 Å². The van der Waals surface area contributed by atoms with Crippen LogP contribution in [0.2, 0.25) is 0 Å². The third-order valence-electron chi connectivity index (χ3n) is 10.5. The summed E-state index contributed by atoms with van der Waals surface area (Å²) >= 11 is 0. The number of benzene rings is 7. The van der Waals surface area contributed by atoms with Crippen molar-refractivity contribution >= 4 is 22.5 Å². The van der Waals surface area contributed by atoms with Gasteiger partial charge in [-0.05, 0) is 115 Å². The van der Waals surface area contributed by atoms with Gasteiger partial charge in [-0.25, -0.2) is 0 Å². The molecule has 1 nitrogen and oxygen atoms in total. The van der Waals surface area contributed by atoms with Gasteiger partial charge in [0.2, 0.25) is 0 Å². The third kappa shape index (κ3) is 4.62. The molecule has 2 heterocycles. The van der Waals surface area contributed by atoms with E-state index in [0.29, 0.717) is 12.0 Å². The van der Waals surface area contributed by atoms with Crippen molar-refractivity contribution in [2.24, 2.45) is 0 Å². The Kier molecular flexibility index (Phi) is 6.38. The molecule has 0 bridgehead atoms. The maximum atomic E-state index is 2.56. The number of fused-ring (bicyclic) bond motifs is 6. The van der Waals surface area contributed by atoms with Crippen LogP contribution in [0.1, 0.15) is 22.6 Å². The van der Waals surface area contributed by atoms with Crippen LogP contribution in [0, 0.1) is 0 Å². The van der Waals surface area contributed by atoms with Crippen molar-refractivity contribution in [1.82, 2.24) is 0 Å². The molecule has 7 aromatic carbocycles. The van der Waals surface area contributed by atoms with Gasteiger partial charge < -0.3 is 4.90 Å². The standard InChI is InChI=1S/C48H33N/c1-3-13-32(14-4-1)38-27-39(33-15-5-2-6-16-33)29-40(28-38)36-19-11-17-34(25-36)35-18-12-20-37(26-35)41-30-44-42-21-7-9-23-46(42)49-47-24-10-8-22-43(47)45(31-41)48(44)49/h1-31,44,48H. The first-order chi connectivity index (χ1) is 24.3. The van der Waals surface area contributed by atoms with Crippen molar-refractivity contribution in [3.8, 4) is 44.5 Å². The molecule has 1 aliphatic carbocycles. The summed E-state index contributed by atoms with van der Waals surface area (Å²) in [5.74, 6) is 0.321. The van der Waals surface area contributed by atoms with Gasteiger partial charge in [0.25, 0.3) is 0 Å². The Balaban J connectivity index is 1.05. The maximum Gasteiger partial charge on any atom is 0.0702 e. The lowest BCUT2D eigenvalue weighted by Crippen LogP contribution is -2.26. The molecular weight excluding hydrogens is 591 g/mol. The largest absolute Gasteiger partial charge is 0.332 e. The summed E-state index contributed by atoms with van der Waals surface area (Å²) in [6, 6.07) is 64.7. The average molecular weight is 624 g/mol. The van der Waals surface area contributed by atoms with E-state index in [1.54, 1.807) is 0 Å². The first kappa shape index (κ1) is 27.9. The lowest BCUT2D eigenvalue weighted by molar-refractivity contribution is 0.784. The molecular formula is C48H33N. The molecule has 3 aliphatic rings. The summed E-state index contributed by atoms with van der Waals surface area (Å²) in [7, 11) is 0. The van der Waals surface area contributed by atoms with Crippen LogP contribution < -0.4 is 4.90 Å². The number of hydrogen-bond acceptors (Lipinski definition) is 1. The van der Waals surface area contributed by atoms with E-state index in [1.165, 1.54) is 83.7 Å². The molecule has 2 atom stereocenters. The predicted octanol–water partition coefficient (Wildman–Crippen LogP) is 12.5. The van der Waals surface area contributed by atoms with Crippen molar-refractivity contribution in [3.63, 3.8) is 0 Å². The van der Waals surface area contributed by atoms with Crippen LogP contribution in [-0.2, 0) is 0 Å². The number of anilines is 2. The second-order valence-corrected chi connectivity index (χ2v) is 13.3. The van der Waals surface area contributed by atoms with Crippen LogP contribution >= 0.6 is 0 Å². The third-order valence-corrected chi connectivity index (χ3v) is 10.5. The number of para-hydroxylation sites is 2. The van der Waals surface area contributed by atoms with Gasteiger partial charge in [0.15, 0.2) is 0 Å². The lowest BCUT2D eigenvalue weighted by Gasteiger charge is -2.26. The zero-order valence-corrected chi connectivity index (χ0v) is 27.0. The SMILES string of the molecule is C1=C(c2cccc(-c3cccc(-c4cc(-c5ccccc5)cc(-c5ccccc5)c4)c3)c2)C=C2c3ccccc3N3c4ccccc4C1C23. The van der Waals surface area contributed by atoms with E-state index in [2.05, 4.69) is 193 Å². The Labute approximate surface area is 287 Å². The summed E-state index contributed by atoms with van der Waals surface area (Å²) in [5.41, 5.74) is 19.2. The summed E-state index contributed by atoms with van der Waals surface area (Å²) in [5, 5.41) is 0. The molecule has 0 N–H and O–H groups in total. The van der Waals surface area contributed by atoms with Gasteiger partial charge in [0, 0.05) is 22.9 Å². The maximum absolute atomic E-state index is 2.56. The summed E-state index contributed by atoms with van der Waals surface area (Å²) in [6.07, 6.45) is 4.95. The molecule has 0 amide bonds. The minimum atomic E-state index is 0.321. The number of hydrogen-bond donors (Lipinski definition) is 0. The van der Waals surface area contributed by atoms with Gasteiger partial charge in [-0.1, -0.05) is 140 Å². The van der Waals surface area contributed by atoms with Crippen molar-refractivity contribution in [3.05, 3.63) is 205 Å². The number of allylic oxidation sites excluding steroid dienone is 2. The molecule has 2 unspecified atom stereocenters. The fourth-order valence-electron chi connectivity index (χ4n) is 8.25. The monoisotopic (exact) mass is 623 g/mol. The Bertz CT molecular complexity index is 2390. The van der Waals surface area contributed by atoms with Crippen molar-refractivity contribution in [2.45, 2.75) is 12.0 Å². The van der Waals surface area contributed by atoms with Crippen LogP contribution in [-0.4, -0.2) is 6.04 Å². The fourth-order valence-corrected chi connectivity index (χ4v) is 8.25. The number of rotatable bonds is 5. The molecule has 230 valence electrons. The van der Waals surface area contributed by atoms with Crippen LogP contribution in [0.4, 0.5) is 11.4 Å². The summed E-state index contributed by atoms with van der Waals surface area (Å²) in [6.45, 7) is 0. The smallest absolute Gasteiger partial charge is 0.0702 e. The van der Waals surface area contributed by atoms with Gasteiger partial charge in [-0.15, -0.1) is 0 Å². The highest BCUT2D eigenvalue weighted by Gasteiger charge is 2.47. The highest BCUT2D eigenvalue weighted by molar-refractivity contribution is 6.02. The molecule has 0 radical (unpaired) electrons. The average Bonchev–Trinajstić information content (AvgIpc) is 3.70. The van der Waals surface area contributed by atoms with Crippen LogP contribution in [0.25, 0.3) is 55.7 Å². The Morgan fingerprint density at radius 1 is 0.367 bits per heavy atom. The zero-order valence-electron chi connectivity index (χ0n) is 27.0. The summed E-state index contributed by atoms with van der Waals surface area (Å²) < 4.78 is 0. The molecule has 7 aromatic rings. The van der Waals surface area contributed by atoms with E-state index in [0.717, 1.165) is 0 Å². The first-order valence-electron chi connectivity index (χ1n) is 17.2. The minimum absolute atomic E-state index is 0.321. The first-order valence-corrected chi connectivity index (χ1v) is 17.2. The molecule has 1 heteroatoms. The van der Waals surface area contributed by atoms with Gasteiger partial charge in [0.1, 0.15) is 0 Å². The van der Waals surface area contributed by atoms with E-state index in [9.17, 15) is 0 Å². The molecule has 49 heavy (non-hydrogen) atoms. The Morgan fingerprint density at radius 2 is 0.837 bits per heavy atom. The summed E-state index contributed by atoms with van der Waals surface area (Å²) in [4.78, 5) is 2.56. The Hall–Kier alpha value is -6.18. The predicted molar refractivity (Wildman–Crippen MR) is 206 cm³/mol. The van der Waals surface area contributed by atoms with E-state index in [1.807, 2.05) is 0 Å². The van der Waals surface area contributed by atoms with Crippen LogP contribution in [0.3, 0.4) is 0 Å². The van der Waals surface area contributed by atoms with Gasteiger partial charge >= 0.3 is 0 Å². The molecule has 0 spiro atoms. The van der Waals surface area contributed by atoms with Gasteiger partial charge in [-0.3, -0.25) is 0 Å². The van der Waals surface area contributed by atoms with E-state index >= 15 is 0 Å². The second kappa shape index (κ2) is 11.2. The fraction of sp³-hybridized carbons (Fsp3) is 0.0417. The van der Waals surface area contributed by atoms with Crippen molar-refractivity contribution in [1.29, 1.82) is 0 Å². The molecule has 10 rings (SSSR count). The quantitative estimate of drug-likeness (QED) is 0.184. The lowest BCUT2D eigenvalue weighted by atomic mass is 9.80. The van der Waals surface area contributed by atoms with E-state index in [4.69, 9.17) is 0 Å².